The molecule has 3 aromatic carbocycles. The van der Waals surface area contributed by atoms with Crippen LogP contribution in [-0.2, 0) is 0 Å². The first-order valence-electron chi connectivity index (χ1n) is 7.13. The molecule has 0 bridgehead atoms. The average molecular weight is 287 g/mol. The summed E-state index contributed by atoms with van der Waals surface area (Å²) in [5, 5.41) is 4.06. The van der Waals surface area contributed by atoms with Crippen LogP contribution < -0.4 is 5.32 Å². The molecular weight excluding hydrogens is 274 g/mol. The van der Waals surface area contributed by atoms with Gasteiger partial charge in [-0.2, -0.15) is 0 Å². The van der Waals surface area contributed by atoms with Gasteiger partial charge in [-0.15, -0.1) is 0 Å². The molecular formula is C19H13NO2. The highest BCUT2D eigenvalue weighted by molar-refractivity contribution is 6.26. The number of benzene rings is 3. The molecule has 0 unspecified atom stereocenters. The molecule has 0 aromatic heterocycles. The van der Waals surface area contributed by atoms with E-state index in [4.69, 9.17) is 0 Å². The molecule has 1 heterocycles. The molecule has 4 rings (SSSR count). The van der Waals surface area contributed by atoms with E-state index in [0.29, 0.717) is 11.1 Å². The number of nitrogens with one attached hydrogen (secondary N) is 1. The smallest absolute Gasteiger partial charge is 0.258 e. The van der Waals surface area contributed by atoms with Crippen LogP contribution in [0.25, 0.3) is 21.9 Å². The molecule has 3 aromatic rings. The highest BCUT2D eigenvalue weighted by atomic mass is 16.2. The van der Waals surface area contributed by atoms with Crippen molar-refractivity contribution < 1.29 is 9.59 Å². The molecule has 1 N–H and O–H groups in total. The number of hydrogen-bond acceptors (Lipinski definition) is 2. The molecule has 2 amide bonds. The molecule has 0 spiro atoms. The fourth-order valence-corrected chi connectivity index (χ4v) is 2.95. The van der Waals surface area contributed by atoms with E-state index in [1.807, 2.05) is 55.5 Å². The van der Waals surface area contributed by atoms with E-state index in [-0.39, 0.29) is 11.8 Å². The number of carbonyl (C=O) groups is 2. The summed E-state index contributed by atoms with van der Waals surface area (Å²) in [4.78, 5) is 24.1. The zero-order chi connectivity index (χ0) is 15.3. The monoisotopic (exact) mass is 287 g/mol. The van der Waals surface area contributed by atoms with Crippen molar-refractivity contribution in [1.82, 2.24) is 5.32 Å². The first-order chi connectivity index (χ1) is 10.6. The molecule has 1 aliphatic rings. The maximum atomic E-state index is 12.2. The lowest BCUT2D eigenvalue weighted by Gasteiger charge is -2.18. The minimum absolute atomic E-state index is 0.328. The lowest BCUT2D eigenvalue weighted by molar-refractivity contribution is 0.0845. The first kappa shape index (κ1) is 12.8. The fourth-order valence-electron chi connectivity index (χ4n) is 2.95. The van der Waals surface area contributed by atoms with Gasteiger partial charge in [-0.25, -0.2) is 0 Å². The SMILES string of the molecule is Cc1ccc(-c2cc3c4c(cccc4c2)C(=O)NC3=O)cc1. The van der Waals surface area contributed by atoms with Gasteiger partial charge in [0.1, 0.15) is 0 Å². The van der Waals surface area contributed by atoms with Gasteiger partial charge in [0.25, 0.3) is 11.8 Å². The van der Waals surface area contributed by atoms with Gasteiger partial charge in [0, 0.05) is 16.5 Å². The maximum absolute atomic E-state index is 12.2. The van der Waals surface area contributed by atoms with E-state index in [0.717, 1.165) is 21.9 Å². The van der Waals surface area contributed by atoms with Crippen LogP contribution in [0.1, 0.15) is 26.3 Å². The quantitative estimate of drug-likeness (QED) is 0.694. The number of hydrogen-bond donors (Lipinski definition) is 1. The van der Waals surface area contributed by atoms with Crippen molar-refractivity contribution in [3.05, 3.63) is 71.3 Å². The Morgan fingerprint density at radius 1 is 0.773 bits per heavy atom. The lowest BCUT2D eigenvalue weighted by atomic mass is 9.91. The van der Waals surface area contributed by atoms with E-state index >= 15 is 0 Å². The Labute approximate surface area is 127 Å². The van der Waals surface area contributed by atoms with E-state index < -0.39 is 0 Å². The van der Waals surface area contributed by atoms with Crippen molar-refractivity contribution in [3.8, 4) is 11.1 Å². The summed E-state index contributed by atoms with van der Waals surface area (Å²) in [7, 11) is 0. The second kappa shape index (κ2) is 4.53. The number of rotatable bonds is 1. The molecule has 22 heavy (non-hydrogen) atoms. The van der Waals surface area contributed by atoms with Gasteiger partial charge in [-0.05, 0) is 41.6 Å². The molecule has 1 aliphatic heterocycles. The lowest BCUT2D eigenvalue weighted by Crippen LogP contribution is -2.34. The van der Waals surface area contributed by atoms with Crippen molar-refractivity contribution in [2.45, 2.75) is 6.92 Å². The molecule has 3 nitrogen and oxygen atoms in total. The van der Waals surface area contributed by atoms with Crippen LogP contribution in [0.5, 0.6) is 0 Å². The normalized spacial score (nSPS) is 13.3. The second-order valence-corrected chi connectivity index (χ2v) is 5.58. The first-order valence-corrected chi connectivity index (χ1v) is 7.13. The molecule has 0 aliphatic carbocycles. The molecule has 0 saturated carbocycles. The summed E-state index contributed by atoms with van der Waals surface area (Å²) < 4.78 is 0. The predicted molar refractivity (Wildman–Crippen MR) is 85.9 cm³/mol. The Morgan fingerprint density at radius 3 is 2.27 bits per heavy atom. The minimum atomic E-state index is -0.331. The third kappa shape index (κ3) is 1.83. The third-order valence-electron chi connectivity index (χ3n) is 4.08. The van der Waals surface area contributed by atoms with E-state index in [1.165, 1.54) is 5.56 Å². The average Bonchev–Trinajstić information content (AvgIpc) is 2.52. The number of carbonyl (C=O) groups excluding carboxylic acids is 2. The van der Waals surface area contributed by atoms with Gasteiger partial charge >= 0.3 is 0 Å². The van der Waals surface area contributed by atoms with Crippen LogP contribution in [0, 0.1) is 6.92 Å². The summed E-state index contributed by atoms with van der Waals surface area (Å²) >= 11 is 0. The van der Waals surface area contributed by atoms with Gasteiger partial charge in [0.2, 0.25) is 0 Å². The molecule has 3 heteroatoms. The van der Waals surface area contributed by atoms with Gasteiger partial charge < -0.3 is 0 Å². The Morgan fingerprint density at radius 2 is 1.50 bits per heavy atom. The Balaban J connectivity index is 2.03. The Kier molecular flexibility index (Phi) is 2.63. The van der Waals surface area contributed by atoms with Crippen LogP contribution in [0.4, 0.5) is 0 Å². The van der Waals surface area contributed by atoms with Gasteiger partial charge in [0.05, 0.1) is 0 Å². The van der Waals surface area contributed by atoms with E-state index in [2.05, 4.69) is 5.32 Å². The molecule has 0 fully saturated rings. The van der Waals surface area contributed by atoms with Crippen LogP contribution >= 0.6 is 0 Å². The van der Waals surface area contributed by atoms with Gasteiger partial charge in [0.15, 0.2) is 0 Å². The molecule has 106 valence electrons. The zero-order valence-electron chi connectivity index (χ0n) is 12.0. The topological polar surface area (TPSA) is 46.2 Å². The summed E-state index contributed by atoms with van der Waals surface area (Å²) in [6.45, 7) is 2.04. The molecule has 0 atom stereocenters. The summed E-state index contributed by atoms with van der Waals surface area (Å²) in [5.74, 6) is -0.658. The van der Waals surface area contributed by atoms with Crippen LogP contribution in [0.3, 0.4) is 0 Å². The summed E-state index contributed by atoms with van der Waals surface area (Å²) in [6.07, 6.45) is 0. The second-order valence-electron chi connectivity index (χ2n) is 5.58. The standard InChI is InChI=1S/C19H13NO2/c1-11-5-7-12(8-6-11)14-9-13-3-2-4-15-17(13)16(10-14)19(22)20-18(15)21/h2-10H,1H3,(H,20,21,22). The number of amides is 2. The third-order valence-corrected chi connectivity index (χ3v) is 4.08. The predicted octanol–water partition coefficient (Wildman–Crippen LogP) is 3.70. The zero-order valence-corrected chi connectivity index (χ0v) is 12.0. The number of aryl methyl sites for hydroxylation is 1. The highest BCUT2D eigenvalue weighted by Gasteiger charge is 2.25. The van der Waals surface area contributed by atoms with Crippen molar-refractivity contribution in [2.75, 3.05) is 0 Å². The van der Waals surface area contributed by atoms with E-state index in [9.17, 15) is 9.59 Å². The largest absolute Gasteiger partial charge is 0.288 e. The fraction of sp³-hybridized carbons (Fsp3) is 0.0526. The Bertz CT molecular complexity index is 940. The maximum Gasteiger partial charge on any atom is 0.258 e. The van der Waals surface area contributed by atoms with Crippen LogP contribution in [0.15, 0.2) is 54.6 Å². The highest BCUT2D eigenvalue weighted by Crippen LogP contribution is 2.32. The summed E-state index contributed by atoms with van der Waals surface area (Å²) in [5.41, 5.74) is 4.34. The van der Waals surface area contributed by atoms with E-state index in [1.54, 1.807) is 6.07 Å². The summed E-state index contributed by atoms with van der Waals surface area (Å²) in [6, 6.07) is 17.6. The van der Waals surface area contributed by atoms with Crippen LogP contribution in [-0.4, -0.2) is 11.8 Å². The minimum Gasteiger partial charge on any atom is -0.288 e. The molecule has 0 saturated heterocycles. The molecule has 0 radical (unpaired) electrons. The van der Waals surface area contributed by atoms with Crippen molar-refractivity contribution in [3.63, 3.8) is 0 Å². The van der Waals surface area contributed by atoms with Crippen molar-refractivity contribution in [2.24, 2.45) is 0 Å². The number of imide groups is 1. The van der Waals surface area contributed by atoms with Crippen LogP contribution in [0.2, 0.25) is 0 Å². The van der Waals surface area contributed by atoms with Crippen molar-refractivity contribution >= 4 is 22.6 Å². The van der Waals surface area contributed by atoms with Gasteiger partial charge in [-0.1, -0.05) is 42.0 Å². The van der Waals surface area contributed by atoms with Gasteiger partial charge in [-0.3, -0.25) is 14.9 Å². The van der Waals surface area contributed by atoms with Crippen molar-refractivity contribution in [1.29, 1.82) is 0 Å². The Hall–Kier alpha value is -2.94.